The van der Waals surface area contributed by atoms with Crippen LogP contribution in [0.25, 0.3) is 0 Å². The Bertz CT molecular complexity index is 1500. The van der Waals surface area contributed by atoms with Crippen molar-refractivity contribution in [3.8, 4) is 11.5 Å². The lowest BCUT2D eigenvalue weighted by Crippen LogP contribution is -2.58. The van der Waals surface area contributed by atoms with Gasteiger partial charge in [-0.15, -0.1) is 11.8 Å². The second-order valence-corrected chi connectivity index (χ2v) is 13.9. The zero-order valence-electron chi connectivity index (χ0n) is 26.4. The molecule has 1 heterocycles. The van der Waals surface area contributed by atoms with E-state index >= 15 is 0 Å². The van der Waals surface area contributed by atoms with Crippen molar-refractivity contribution in [2.24, 2.45) is 5.92 Å². The van der Waals surface area contributed by atoms with Crippen molar-refractivity contribution in [3.63, 3.8) is 0 Å². The number of carbonyl (C=O) groups excluding carboxylic acids is 3. The molecule has 0 aromatic heterocycles. The lowest BCUT2D eigenvalue weighted by atomic mass is 9.96. The Morgan fingerprint density at radius 1 is 1.02 bits per heavy atom. The van der Waals surface area contributed by atoms with E-state index in [1.807, 2.05) is 68.4 Å². The topological polar surface area (TPSA) is 128 Å². The van der Waals surface area contributed by atoms with Gasteiger partial charge in [-0.25, -0.2) is 0 Å². The Labute approximate surface area is 269 Å². The van der Waals surface area contributed by atoms with Gasteiger partial charge in [0.2, 0.25) is 5.91 Å². The minimum absolute atomic E-state index is 0.0288. The van der Waals surface area contributed by atoms with Crippen LogP contribution in [0.5, 0.6) is 11.5 Å². The number of hydrogen-bond donors (Lipinski definition) is 4. The van der Waals surface area contributed by atoms with Gasteiger partial charge in [0.05, 0.1) is 18.5 Å². The summed E-state index contributed by atoms with van der Waals surface area (Å²) < 4.78 is 5.19. The zero-order valence-corrected chi connectivity index (χ0v) is 27.3. The van der Waals surface area contributed by atoms with Crippen molar-refractivity contribution in [2.45, 2.75) is 70.5 Å². The maximum absolute atomic E-state index is 13.9. The first-order valence-corrected chi connectivity index (χ1v) is 16.1. The van der Waals surface area contributed by atoms with E-state index in [2.05, 4.69) is 24.5 Å². The van der Waals surface area contributed by atoms with E-state index < -0.39 is 34.7 Å². The third-order valence-corrected chi connectivity index (χ3v) is 9.20. The first kappa shape index (κ1) is 33.9. The number of aromatic hydroxyl groups is 1. The first-order valence-electron chi connectivity index (χ1n) is 15.1. The van der Waals surface area contributed by atoms with Crippen molar-refractivity contribution < 1.29 is 29.3 Å². The second kappa shape index (κ2) is 14.8. The highest BCUT2D eigenvalue weighted by atomic mass is 32.2. The number of rotatable bonds is 12. The fraction of sp³-hybridized carbons (Fsp3) is 0.400. The standard InChI is InChI=1S/C35H43N3O6S/c1-22(2)20-44-26-14-9-13-25(17-26)19-36-33(42)31-35(4,5)45-21-38(31)34(43)30(40)28(18-24-11-7-6-8-12-24)37-32(41)27-15-10-16-29(39)23(27)3/h6-17,22,28,30-31,39-40H,18-21H2,1-5H3,(H,36,42)(H,37,41)/t28-,30-,31+/m0/s1. The molecule has 0 saturated carbocycles. The van der Waals surface area contributed by atoms with Gasteiger partial charge in [0.25, 0.3) is 11.8 Å². The van der Waals surface area contributed by atoms with Crippen LogP contribution in [-0.2, 0) is 22.6 Å². The summed E-state index contributed by atoms with van der Waals surface area (Å²) >= 11 is 1.45. The number of aliphatic hydroxyl groups excluding tert-OH is 1. The molecule has 10 heteroatoms. The zero-order chi connectivity index (χ0) is 32.7. The molecule has 3 atom stereocenters. The number of phenols is 1. The SMILES string of the molecule is Cc1c(O)cccc1C(=O)N[C@@H](Cc1ccccc1)[C@H](O)C(=O)N1CSC(C)(C)[C@H]1C(=O)NCc1cccc(OCC(C)C)c1. The molecule has 45 heavy (non-hydrogen) atoms. The highest BCUT2D eigenvalue weighted by Crippen LogP contribution is 2.40. The molecule has 1 aliphatic rings. The molecule has 3 amide bonds. The van der Waals surface area contributed by atoms with Crippen LogP contribution in [0.15, 0.2) is 72.8 Å². The van der Waals surface area contributed by atoms with E-state index in [0.717, 1.165) is 16.9 Å². The number of thioether (sulfide) groups is 1. The Morgan fingerprint density at radius 3 is 2.42 bits per heavy atom. The molecule has 3 aromatic rings. The molecule has 4 rings (SSSR count). The average Bonchev–Trinajstić information content (AvgIpc) is 3.34. The van der Waals surface area contributed by atoms with Crippen LogP contribution in [0.1, 0.15) is 54.7 Å². The van der Waals surface area contributed by atoms with Crippen LogP contribution in [-0.4, -0.2) is 68.3 Å². The van der Waals surface area contributed by atoms with E-state index in [1.165, 1.54) is 22.7 Å². The van der Waals surface area contributed by atoms with E-state index in [-0.39, 0.29) is 36.1 Å². The monoisotopic (exact) mass is 633 g/mol. The van der Waals surface area contributed by atoms with Crippen LogP contribution in [0.4, 0.5) is 0 Å². The van der Waals surface area contributed by atoms with E-state index in [1.54, 1.807) is 19.1 Å². The van der Waals surface area contributed by atoms with Crippen molar-refractivity contribution in [1.29, 1.82) is 0 Å². The molecule has 1 aliphatic heterocycles. The lowest BCUT2D eigenvalue weighted by Gasteiger charge is -2.33. The summed E-state index contributed by atoms with van der Waals surface area (Å²) in [7, 11) is 0. The molecular weight excluding hydrogens is 590 g/mol. The smallest absolute Gasteiger partial charge is 0.254 e. The Hall–Kier alpha value is -4.02. The van der Waals surface area contributed by atoms with Crippen LogP contribution in [0.3, 0.4) is 0 Å². The first-order chi connectivity index (χ1) is 21.4. The van der Waals surface area contributed by atoms with Gasteiger partial charge < -0.3 is 30.5 Å². The predicted octanol–water partition coefficient (Wildman–Crippen LogP) is 4.43. The Morgan fingerprint density at radius 2 is 1.71 bits per heavy atom. The molecule has 0 radical (unpaired) electrons. The molecular formula is C35H43N3O6S. The van der Waals surface area contributed by atoms with Crippen molar-refractivity contribution in [2.75, 3.05) is 12.5 Å². The number of phenolic OH excluding ortho intramolecular Hbond substituents is 1. The number of ether oxygens (including phenoxy) is 1. The van der Waals surface area contributed by atoms with Gasteiger partial charge in [-0.2, -0.15) is 0 Å². The summed E-state index contributed by atoms with van der Waals surface area (Å²) in [5, 5.41) is 27.4. The third kappa shape index (κ3) is 8.58. The fourth-order valence-electron chi connectivity index (χ4n) is 5.27. The number of hydrogen-bond acceptors (Lipinski definition) is 7. The summed E-state index contributed by atoms with van der Waals surface area (Å²) in [5.74, 6) is -0.230. The largest absolute Gasteiger partial charge is 0.508 e. The van der Waals surface area contributed by atoms with Gasteiger partial charge in [-0.05, 0) is 68.5 Å². The van der Waals surface area contributed by atoms with Crippen molar-refractivity contribution in [3.05, 3.63) is 95.1 Å². The summed E-state index contributed by atoms with van der Waals surface area (Å²) in [6.45, 7) is 10.4. The number of aliphatic hydroxyl groups is 1. The van der Waals surface area contributed by atoms with E-state index in [4.69, 9.17) is 4.74 Å². The molecule has 240 valence electrons. The minimum atomic E-state index is -1.63. The molecule has 0 spiro atoms. The second-order valence-electron chi connectivity index (χ2n) is 12.3. The number of nitrogens with zero attached hydrogens (tertiary/aromatic N) is 1. The maximum atomic E-state index is 13.9. The normalized spacial score (nSPS) is 17.0. The molecule has 3 aromatic carbocycles. The van der Waals surface area contributed by atoms with Crippen LogP contribution < -0.4 is 15.4 Å². The molecule has 1 fully saturated rings. The summed E-state index contributed by atoms with van der Waals surface area (Å²) in [5.41, 5.74) is 2.30. The van der Waals surface area contributed by atoms with E-state index in [9.17, 15) is 24.6 Å². The van der Waals surface area contributed by atoms with Crippen LogP contribution in [0.2, 0.25) is 0 Å². The molecule has 9 nitrogen and oxygen atoms in total. The highest BCUT2D eigenvalue weighted by Gasteiger charge is 2.49. The molecule has 1 saturated heterocycles. The Kier molecular flexibility index (Phi) is 11.2. The summed E-state index contributed by atoms with van der Waals surface area (Å²) in [6.07, 6.45) is -1.46. The number of amides is 3. The van der Waals surface area contributed by atoms with Crippen LogP contribution >= 0.6 is 11.8 Å². The van der Waals surface area contributed by atoms with Gasteiger partial charge in [0.1, 0.15) is 17.5 Å². The molecule has 4 N–H and O–H groups in total. The van der Waals surface area contributed by atoms with Gasteiger partial charge in [0, 0.05) is 22.4 Å². The quantitative estimate of drug-likeness (QED) is 0.232. The highest BCUT2D eigenvalue weighted by molar-refractivity contribution is 8.00. The number of carbonyl (C=O) groups is 3. The van der Waals surface area contributed by atoms with Crippen molar-refractivity contribution >= 4 is 29.5 Å². The molecule has 0 unspecified atom stereocenters. The average molecular weight is 634 g/mol. The number of nitrogens with one attached hydrogen (secondary N) is 2. The Balaban J connectivity index is 1.51. The molecule has 0 bridgehead atoms. The van der Waals surface area contributed by atoms with Crippen LogP contribution in [0, 0.1) is 12.8 Å². The summed E-state index contributed by atoms with van der Waals surface area (Å²) in [4.78, 5) is 42.3. The molecule has 0 aliphatic carbocycles. The maximum Gasteiger partial charge on any atom is 0.254 e. The lowest BCUT2D eigenvalue weighted by molar-refractivity contribution is -0.147. The summed E-state index contributed by atoms with van der Waals surface area (Å²) in [6, 6.07) is 19.5. The van der Waals surface area contributed by atoms with Gasteiger partial charge in [-0.3, -0.25) is 14.4 Å². The van der Waals surface area contributed by atoms with E-state index in [0.29, 0.717) is 18.1 Å². The van der Waals surface area contributed by atoms with Gasteiger partial charge in [-0.1, -0.05) is 62.4 Å². The predicted molar refractivity (Wildman–Crippen MR) is 176 cm³/mol. The number of benzene rings is 3. The fourth-order valence-corrected chi connectivity index (χ4v) is 6.41. The van der Waals surface area contributed by atoms with Crippen molar-refractivity contribution in [1.82, 2.24) is 15.5 Å². The minimum Gasteiger partial charge on any atom is -0.508 e. The van der Waals surface area contributed by atoms with Gasteiger partial charge >= 0.3 is 0 Å². The third-order valence-electron chi connectivity index (χ3n) is 7.82. The van der Waals surface area contributed by atoms with Gasteiger partial charge in [0.15, 0.2) is 6.10 Å².